The number of amides is 2. The minimum absolute atomic E-state index is 0.0288. The topological polar surface area (TPSA) is 58.6 Å². The first-order valence-electron chi connectivity index (χ1n) is 6.95. The Balaban J connectivity index is 2.18. The lowest BCUT2D eigenvalue weighted by Gasteiger charge is -2.21. The molecule has 5 nitrogen and oxygen atoms in total. The number of ether oxygens (including phenoxy) is 1. The highest BCUT2D eigenvalue weighted by molar-refractivity contribution is 6.02. The van der Waals surface area contributed by atoms with Crippen LogP contribution in [0.5, 0.6) is 0 Å². The van der Waals surface area contributed by atoms with Crippen LogP contribution < -0.4 is 5.32 Å². The van der Waals surface area contributed by atoms with E-state index in [1.165, 1.54) is 20.0 Å². The molecule has 1 fully saturated rings. The largest absolute Gasteiger partial charge is 0.453 e. The van der Waals surface area contributed by atoms with Gasteiger partial charge in [-0.05, 0) is 25.0 Å². The molecule has 0 radical (unpaired) electrons. The number of rotatable bonds is 2. The highest BCUT2D eigenvalue weighted by atomic mass is 16.5. The molecule has 0 aliphatic carbocycles. The number of para-hydroxylation sites is 1. The van der Waals surface area contributed by atoms with E-state index in [2.05, 4.69) is 10.1 Å². The quantitative estimate of drug-likeness (QED) is 0.903. The molecule has 5 heteroatoms. The van der Waals surface area contributed by atoms with Crippen molar-refractivity contribution in [1.82, 2.24) is 4.90 Å². The average molecular weight is 276 g/mol. The molecule has 0 unspecified atom stereocenters. The summed E-state index contributed by atoms with van der Waals surface area (Å²) in [7, 11) is 1.30. The number of nitrogens with zero attached hydrogens (tertiary/aromatic N) is 1. The Bertz CT molecular complexity index is 480. The number of anilines is 1. The van der Waals surface area contributed by atoms with Gasteiger partial charge in [0.1, 0.15) is 0 Å². The molecule has 2 amide bonds. The molecular weight excluding hydrogens is 256 g/mol. The van der Waals surface area contributed by atoms with E-state index in [9.17, 15) is 9.59 Å². The van der Waals surface area contributed by atoms with Gasteiger partial charge >= 0.3 is 6.09 Å². The molecule has 0 atom stereocenters. The Kier molecular flexibility index (Phi) is 4.98. The smallest absolute Gasteiger partial charge is 0.411 e. The van der Waals surface area contributed by atoms with Gasteiger partial charge in [-0.25, -0.2) is 4.79 Å². The van der Waals surface area contributed by atoms with Gasteiger partial charge in [0.25, 0.3) is 5.91 Å². The number of hydrogen-bond donors (Lipinski definition) is 1. The fourth-order valence-electron chi connectivity index (χ4n) is 2.38. The first-order chi connectivity index (χ1) is 9.72. The van der Waals surface area contributed by atoms with Crippen LogP contribution in [0.1, 0.15) is 36.0 Å². The number of likely N-dealkylation sites (tertiary alicyclic amines) is 1. The summed E-state index contributed by atoms with van der Waals surface area (Å²) < 4.78 is 4.58. The normalized spacial score (nSPS) is 15.3. The summed E-state index contributed by atoms with van der Waals surface area (Å²) in [6, 6.07) is 7.03. The number of hydrogen-bond acceptors (Lipinski definition) is 3. The Hall–Kier alpha value is -2.04. The van der Waals surface area contributed by atoms with Gasteiger partial charge in [-0.2, -0.15) is 0 Å². The van der Waals surface area contributed by atoms with E-state index >= 15 is 0 Å². The van der Waals surface area contributed by atoms with Crippen molar-refractivity contribution in [2.75, 3.05) is 25.5 Å². The van der Waals surface area contributed by atoms with E-state index in [1.54, 1.807) is 24.3 Å². The Morgan fingerprint density at radius 1 is 1.10 bits per heavy atom. The van der Waals surface area contributed by atoms with Crippen LogP contribution in [0.2, 0.25) is 0 Å². The van der Waals surface area contributed by atoms with Gasteiger partial charge in [-0.15, -0.1) is 0 Å². The molecule has 0 aromatic heterocycles. The number of nitrogens with one attached hydrogen (secondary N) is 1. The van der Waals surface area contributed by atoms with Gasteiger partial charge in [-0.3, -0.25) is 10.1 Å². The van der Waals surface area contributed by atoms with Crippen LogP contribution in [-0.4, -0.2) is 37.1 Å². The van der Waals surface area contributed by atoms with E-state index < -0.39 is 6.09 Å². The Morgan fingerprint density at radius 3 is 2.40 bits per heavy atom. The summed E-state index contributed by atoms with van der Waals surface area (Å²) in [5.74, 6) is -0.0288. The second-order valence-electron chi connectivity index (χ2n) is 4.87. The lowest BCUT2D eigenvalue weighted by molar-refractivity contribution is 0.0762. The van der Waals surface area contributed by atoms with Crippen molar-refractivity contribution in [3.8, 4) is 0 Å². The second-order valence-corrected chi connectivity index (χ2v) is 4.87. The van der Waals surface area contributed by atoms with Crippen LogP contribution in [0.4, 0.5) is 10.5 Å². The summed E-state index contributed by atoms with van der Waals surface area (Å²) in [6.07, 6.45) is 3.86. The molecule has 20 heavy (non-hydrogen) atoms. The van der Waals surface area contributed by atoms with Crippen molar-refractivity contribution in [3.63, 3.8) is 0 Å². The molecule has 1 N–H and O–H groups in total. The maximum absolute atomic E-state index is 12.6. The predicted molar refractivity (Wildman–Crippen MR) is 76.8 cm³/mol. The molecule has 1 heterocycles. The van der Waals surface area contributed by atoms with Gasteiger partial charge in [-0.1, -0.05) is 25.0 Å². The fraction of sp³-hybridized carbons (Fsp3) is 0.467. The van der Waals surface area contributed by atoms with E-state index in [-0.39, 0.29) is 5.91 Å². The maximum Gasteiger partial charge on any atom is 0.411 e. The van der Waals surface area contributed by atoms with Crippen LogP contribution in [0, 0.1) is 0 Å². The summed E-state index contributed by atoms with van der Waals surface area (Å²) in [5.41, 5.74) is 1.01. The monoisotopic (exact) mass is 276 g/mol. The molecule has 1 aliphatic rings. The lowest BCUT2D eigenvalue weighted by Crippen LogP contribution is -2.32. The van der Waals surface area contributed by atoms with E-state index in [0.717, 1.165) is 25.9 Å². The summed E-state index contributed by atoms with van der Waals surface area (Å²) in [4.78, 5) is 25.8. The highest BCUT2D eigenvalue weighted by Crippen LogP contribution is 2.20. The molecular formula is C15H20N2O3. The zero-order valence-electron chi connectivity index (χ0n) is 11.7. The van der Waals surface area contributed by atoms with Crippen molar-refractivity contribution >= 4 is 17.7 Å². The SMILES string of the molecule is COC(=O)Nc1ccccc1C(=O)N1CCCCCC1. The third kappa shape index (κ3) is 3.50. The third-order valence-corrected chi connectivity index (χ3v) is 3.47. The second kappa shape index (κ2) is 6.93. The van der Waals surface area contributed by atoms with Crippen LogP contribution in [-0.2, 0) is 4.74 Å². The first-order valence-corrected chi connectivity index (χ1v) is 6.95. The van der Waals surface area contributed by atoms with E-state index in [0.29, 0.717) is 11.3 Å². The number of benzene rings is 1. The van der Waals surface area contributed by atoms with Crippen molar-refractivity contribution in [2.24, 2.45) is 0 Å². The molecule has 1 aromatic rings. The zero-order chi connectivity index (χ0) is 14.4. The minimum atomic E-state index is -0.568. The van der Waals surface area contributed by atoms with Crippen LogP contribution >= 0.6 is 0 Å². The van der Waals surface area contributed by atoms with Gasteiger partial charge in [0, 0.05) is 13.1 Å². The zero-order valence-corrected chi connectivity index (χ0v) is 11.7. The molecule has 1 aromatic carbocycles. The molecule has 0 bridgehead atoms. The summed E-state index contributed by atoms with van der Waals surface area (Å²) >= 11 is 0. The Labute approximate surface area is 118 Å². The predicted octanol–water partition coefficient (Wildman–Crippen LogP) is 2.88. The summed E-state index contributed by atoms with van der Waals surface area (Å²) in [5, 5.41) is 2.59. The average Bonchev–Trinajstić information content (AvgIpc) is 2.76. The van der Waals surface area contributed by atoms with E-state index in [4.69, 9.17) is 0 Å². The highest BCUT2D eigenvalue weighted by Gasteiger charge is 2.20. The van der Waals surface area contributed by atoms with Crippen LogP contribution in [0.25, 0.3) is 0 Å². The number of carbonyl (C=O) groups is 2. The number of carbonyl (C=O) groups excluding carboxylic acids is 2. The standard InChI is InChI=1S/C15H20N2O3/c1-20-15(19)16-13-9-5-4-8-12(13)14(18)17-10-6-2-3-7-11-17/h4-5,8-9H,2-3,6-7,10-11H2,1H3,(H,16,19). The van der Waals surface area contributed by atoms with Crippen molar-refractivity contribution in [3.05, 3.63) is 29.8 Å². The molecule has 2 rings (SSSR count). The van der Waals surface area contributed by atoms with Gasteiger partial charge in [0.05, 0.1) is 18.4 Å². The van der Waals surface area contributed by atoms with Crippen LogP contribution in [0.15, 0.2) is 24.3 Å². The van der Waals surface area contributed by atoms with Crippen molar-refractivity contribution < 1.29 is 14.3 Å². The van der Waals surface area contributed by atoms with Gasteiger partial charge in [0.15, 0.2) is 0 Å². The lowest BCUT2D eigenvalue weighted by atomic mass is 10.1. The van der Waals surface area contributed by atoms with Gasteiger partial charge in [0.2, 0.25) is 0 Å². The first kappa shape index (κ1) is 14.4. The maximum atomic E-state index is 12.6. The number of methoxy groups -OCH3 is 1. The minimum Gasteiger partial charge on any atom is -0.453 e. The van der Waals surface area contributed by atoms with Gasteiger partial charge < -0.3 is 9.64 Å². The molecule has 1 saturated heterocycles. The fourth-order valence-corrected chi connectivity index (χ4v) is 2.38. The third-order valence-electron chi connectivity index (χ3n) is 3.47. The molecule has 0 spiro atoms. The Morgan fingerprint density at radius 2 is 1.75 bits per heavy atom. The molecule has 0 saturated carbocycles. The van der Waals surface area contributed by atoms with E-state index in [1.807, 2.05) is 4.90 Å². The van der Waals surface area contributed by atoms with Crippen LogP contribution in [0.3, 0.4) is 0 Å². The van der Waals surface area contributed by atoms with Crippen molar-refractivity contribution in [2.45, 2.75) is 25.7 Å². The summed E-state index contributed by atoms with van der Waals surface area (Å²) in [6.45, 7) is 1.57. The van der Waals surface area contributed by atoms with Crippen molar-refractivity contribution in [1.29, 1.82) is 0 Å². The molecule has 1 aliphatic heterocycles. The molecule has 108 valence electrons.